The van der Waals surface area contributed by atoms with Gasteiger partial charge in [0, 0.05) is 24.1 Å². The highest BCUT2D eigenvalue weighted by Gasteiger charge is 2.15. The molecule has 7 heteroatoms. The fraction of sp³-hybridized carbons (Fsp3) is 0.200. The van der Waals surface area contributed by atoms with E-state index in [1.165, 1.54) is 20.3 Å². The monoisotopic (exact) mass is 370 g/mol. The second kappa shape index (κ2) is 7.92. The molecule has 0 saturated carbocycles. The van der Waals surface area contributed by atoms with Gasteiger partial charge in [0.05, 0.1) is 19.8 Å². The van der Waals surface area contributed by atoms with Gasteiger partial charge in [0.1, 0.15) is 29.4 Å². The molecule has 0 aliphatic rings. The zero-order valence-corrected chi connectivity index (χ0v) is 15.1. The Morgan fingerprint density at radius 3 is 2.41 bits per heavy atom. The summed E-state index contributed by atoms with van der Waals surface area (Å²) in [5, 5.41) is 0.668. The fourth-order valence-electron chi connectivity index (χ4n) is 2.65. The molecule has 0 atom stereocenters. The molecule has 0 spiro atoms. The van der Waals surface area contributed by atoms with Gasteiger partial charge >= 0.3 is 11.6 Å². The first-order chi connectivity index (χ1) is 13.0. The Bertz CT molecular complexity index is 1040. The summed E-state index contributed by atoms with van der Waals surface area (Å²) in [6, 6.07) is 11.7. The number of esters is 1. The molecule has 0 N–H and O–H groups in total. The van der Waals surface area contributed by atoms with E-state index in [0.29, 0.717) is 33.6 Å². The molecule has 0 amide bonds. The molecule has 0 bridgehead atoms. The molecule has 7 nitrogen and oxygen atoms in total. The Hall–Kier alpha value is -3.32. The van der Waals surface area contributed by atoms with E-state index in [1.54, 1.807) is 43.5 Å². The lowest BCUT2D eigenvalue weighted by atomic mass is 10.0. The zero-order valence-electron chi connectivity index (χ0n) is 15.1. The van der Waals surface area contributed by atoms with Crippen molar-refractivity contribution in [3.63, 3.8) is 0 Å². The van der Waals surface area contributed by atoms with Crippen LogP contribution in [0.4, 0.5) is 0 Å². The maximum Gasteiger partial charge on any atom is 0.344 e. The summed E-state index contributed by atoms with van der Waals surface area (Å²) in [6.07, 6.45) is 0. The lowest BCUT2D eigenvalue weighted by Crippen LogP contribution is -2.14. The quantitative estimate of drug-likeness (QED) is 0.375. The lowest BCUT2D eigenvalue weighted by molar-refractivity contribution is -0.138. The van der Waals surface area contributed by atoms with E-state index in [1.807, 2.05) is 0 Å². The molecule has 3 rings (SSSR count). The van der Waals surface area contributed by atoms with E-state index in [9.17, 15) is 9.59 Å². The number of fused-ring (bicyclic) bond motifs is 1. The van der Waals surface area contributed by atoms with Crippen LogP contribution < -0.4 is 19.8 Å². The molecule has 0 unspecified atom stereocenters. The van der Waals surface area contributed by atoms with Crippen LogP contribution in [0.3, 0.4) is 0 Å². The van der Waals surface area contributed by atoms with Crippen molar-refractivity contribution in [1.29, 1.82) is 0 Å². The molecule has 0 aliphatic carbocycles. The van der Waals surface area contributed by atoms with Crippen molar-refractivity contribution in [2.45, 2.75) is 0 Å². The average Bonchev–Trinajstić information content (AvgIpc) is 2.67. The van der Waals surface area contributed by atoms with Crippen LogP contribution in [0, 0.1) is 0 Å². The Labute approximate surface area is 155 Å². The van der Waals surface area contributed by atoms with E-state index < -0.39 is 11.6 Å². The van der Waals surface area contributed by atoms with Gasteiger partial charge in [0.25, 0.3) is 0 Å². The third kappa shape index (κ3) is 3.93. The van der Waals surface area contributed by atoms with Crippen LogP contribution in [-0.4, -0.2) is 33.9 Å². The molecule has 0 fully saturated rings. The summed E-state index contributed by atoms with van der Waals surface area (Å²) in [4.78, 5) is 24.1. The normalized spacial score (nSPS) is 10.6. The summed E-state index contributed by atoms with van der Waals surface area (Å²) < 4.78 is 25.8. The molecular formula is C20H18O7. The van der Waals surface area contributed by atoms with E-state index in [2.05, 4.69) is 0 Å². The van der Waals surface area contributed by atoms with Crippen molar-refractivity contribution in [3.05, 3.63) is 52.9 Å². The summed E-state index contributed by atoms with van der Waals surface area (Å²) in [7, 11) is 4.46. The number of rotatable bonds is 6. The van der Waals surface area contributed by atoms with E-state index in [4.69, 9.17) is 23.4 Å². The van der Waals surface area contributed by atoms with E-state index in [0.717, 1.165) is 0 Å². The molecular weight excluding hydrogens is 352 g/mol. The summed E-state index contributed by atoms with van der Waals surface area (Å²) in [6.45, 7) is -0.170. The van der Waals surface area contributed by atoms with Crippen LogP contribution in [0.1, 0.15) is 0 Å². The maximum atomic E-state index is 12.5. The number of hydrogen-bond donors (Lipinski definition) is 0. The van der Waals surface area contributed by atoms with Crippen LogP contribution in [0.15, 0.2) is 51.7 Å². The zero-order chi connectivity index (χ0) is 19.4. The molecule has 140 valence electrons. The van der Waals surface area contributed by atoms with Crippen molar-refractivity contribution in [2.24, 2.45) is 0 Å². The van der Waals surface area contributed by atoms with Crippen LogP contribution >= 0.6 is 0 Å². The van der Waals surface area contributed by atoms with Gasteiger partial charge in [0.2, 0.25) is 0 Å². The fourth-order valence-corrected chi connectivity index (χ4v) is 2.65. The first-order valence-corrected chi connectivity index (χ1v) is 8.05. The van der Waals surface area contributed by atoms with Crippen LogP contribution in [0.2, 0.25) is 0 Å². The highest BCUT2D eigenvalue weighted by molar-refractivity contribution is 5.85. The Balaban J connectivity index is 2.06. The van der Waals surface area contributed by atoms with Crippen LogP contribution in [0.5, 0.6) is 17.2 Å². The third-order valence-electron chi connectivity index (χ3n) is 3.90. The van der Waals surface area contributed by atoms with Crippen LogP contribution in [0.25, 0.3) is 22.1 Å². The summed E-state index contributed by atoms with van der Waals surface area (Å²) in [5.74, 6) is 0.828. The second-order valence-corrected chi connectivity index (χ2v) is 5.62. The Morgan fingerprint density at radius 2 is 1.70 bits per heavy atom. The molecule has 0 aliphatic heterocycles. The largest absolute Gasteiger partial charge is 0.497 e. The van der Waals surface area contributed by atoms with Gasteiger partial charge in [-0.25, -0.2) is 9.59 Å². The second-order valence-electron chi connectivity index (χ2n) is 5.62. The first kappa shape index (κ1) is 18.5. The minimum atomic E-state index is -0.547. The molecule has 2 aromatic carbocycles. The van der Waals surface area contributed by atoms with Crippen molar-refractivity contribution in [1.82, 2.24) is 0 Å². The molecule has 0 saturated heterocycles. The van der Waals surface area contributed by atoms with Gasteiger partial charge in [-0.05, 0) is 36.4 Å². The van der Waals surface area contributed by atoms with Gasteiger partial charge in [-0.2, -0.15) is 0 Å². The first-order valence-electron chi connectivity index (χ1n) is 8.05. The van der Waals surface area contributed by atoms with Gasteiger partial charge < -0.3 is 23.4 Å². The van der Waals surface area contributed by atoms with Crippen molar-refractivity contribution < 1.29 is 28.2 Å². The summed E-state index contributed by atoms with van der Waals surface area (Å²) in [5.41, 5.74) is 0.647. The highest BCUT2D eigenvalue weighted by atomic mass is 16.6. The SMILES string of the molecule is COCC(=O)Oc1ccc2cc(-c3cc(OC)ccc3OC)c(=O)oc2c1. The molecule has 0 radical (unpaired) electrons. The minimum absolute atomic E-state index is 0.170. The van der Waals surface area contributed by atoms with E-state index >= 15 is 0 Å². The number of carbonyl (C=O) groups excluding carboxylic acids is 1. The van der Waals surface area contributed by atoms with Gasteiger partial charge in [-0.1, -0.05) is 0 Å². The molecule has 3 aromatic rings. The van der Waals surface area contributed by atoms with Gasteiger partial charge in [0.15, 0.2) is 0 Å². The van der Waals surface area contributed by atoms with Gasteiger partial charge in [-0.15, -0.1) is 0 Å². The molecule has 1 aromatic heterocycles. The minimum Gasteiger partial charge on any atom is -0.497 e. The smallest absolute Gasteiger partial charge is 0.344 e. The highest BCUT2D eigenvalue weighted by Crippen LogP contribution is 2.33. The Kier molecular flexibility index (Phi) is 5.42. The predicted octanol–water partition coefficient (Wildman–Crippen LogP) is 3.03. The Morgan fingerprint density at radius 1 is 0.926 bits per heavy atom. The third-order valence-corrected chi connectivity index (χ3v) is 3.90. The van der Waals surface area contributed by atoms with Crippen LogP contribution in [-0.2, 0) is 9.53 Å². The molecule has 1 heterocycles. The number of benzene rings is 2. The van der Waals surface area contributed by atoms with Gasteiger partial charge in [-0.3, -0.25) is 0 Å². The maximum absolute atomic E-state index is 12.5. The predicted molar refractivity (Wildman–Crippen MR) is 98.5 cm³/mol. The van der Waals surface area contributed by atoms with Crippen molar-refractivity contribution >= 4 is 16.9 Å². The van der Waals surface area contributed by atoms with Crippen molar-refractivity contribution in [2.75, 3.05) is 27.9 Å². The topological polar surface area (TPSA) is 84.2 Å². The average molecular weight is 370 g/mol. The number of carbonyl (C=O) groups is 1. The van der Waals surface area contributed by atoms with E-state index in [-0.39, 0.29) is 12.4 Å². The lowest BCUT2D eigenvalue weighted by Gasteiger charge is -2.10. The van der Waals surface area contributed by atoms with Crippen molar-refractivity contribution in [3.8, 4) is 28.4 Å². The summed E-state index contributed by atoms with van der Waals surface area (Å²) >= 11 is 0. The standard InChI is InChI=1S/C20H18O7/c1-23-11-19(21)26-14-5-4-12-8-16(20(22)27-18(12)10-14)15-9-13(24-2)6-7-17(15)25-3/h4-10H,11H2,1-3H3. The molecule has 27 heavy (non-hydrogen) atoms. The number of methoxy groups -OCH3 is 3. The number of ether oxygens (including phenoxy) is 4. The number of hydrogen-bond acceptors (Lipinski definition) is 7.